The van der Waals surface area contributed by atoms with Gasteiger partial charge in [0.1, 0.15) is 6.04 Å². The summed E-state index contributed by atoms with van der Waals surface area (Å²) in [4.78, 5) is 13.2. The molecule has 3 unspecified atom stereocenters. The van der Waals surface area contributed by atoms with Gasteiger partial charge in [0.25, 0.3) is 0 Å². The van der Waals surface area contributed by atoms with Crippen LogP contribution in [-0.2, 0) is 4.79 Å². The lowest BCUT2D eigenvalue weighted by molar-refractivity contribution is -0.144. The number of likely N-dealkylation sites (tertiary alicyclic amines) is 1. The summed E-state index contributed by atoms with van der Waals surface area (Å²) in [6, 6.07) is 0.155. The Morgan fingerprint density at radius 1 is 1.64 bits per heavy atom. The van der Waals surface area contributed by atoms with Crippen LogP contribution < -0.4 is 0 Å². The van der Waals surface area contributed by atoms with Gasteiger partial charge in [0.05, 0.1) is 0 Å². The zero-order valence-electron chi connectivity index (χ0n) is 9.36. The molecule has 0 aromatic heterocycles. The van der Waals surface area contributed by atoms with Gasteiger partial charge in [0, 0.05) is 6.04 Å². The molecule has 1 rings (SSSR count). The predicted molar refractivity (Wildman–Crippen MR) is 56.3 cm³/mol. The first-order valence-electron chi connectivity index (χ1n) is 5.56. The topological polar surface area (TPSA) is 40.5 Å². The van der Waals surface area contributed by atoms with Gasteiger partial charge in [-0.05, 0) is 32.2 Å². The van der Waals surface area contributed by atoms with Crippen molar-refractivity contribution in [2.24, 2.45) is 5.92 Å². The molecule has 0 aromatic carbocycles. The molecule has 0 amide bonds. The third kappa shape index (κ3) is 2.27. The van der Waals surface area contributed by atoms with Crippen LogP contribution >= 0.6 is 0 Å². The Morgan fingerprint density at radius 2 is 2.29 bits per heavy atom. The maximum absolute atomic E-state index is 11.1. The van der Waals surface area contributed by atoms with Gasteiger partial charge in [-0.25, -0.2) is 0 Å². The molecule has 0 radical (unpaired) electrons. The maximum Gasteiger partial charge on any atom is 0.321 e. The van der Waals surface area contributed by atoms with Crippen molar-refractivity contribution in [1.29, 1.82) is 0 Å². The first-order valence-corrected chi connectivity index (χ1v) is 5.56. The number of carboxylic acid groups (broad SMARTS) is 1. The zero-order valence-corrected chi connectivity index (χ0v) is 9.36. The van der Waals surface area contributed by atoms with Gasteiger partial charge in [-0.3, -0.25) is 9.69 Å². The van der Waals surface area contributed by atoms with Crippen LogP contribution in [0.3, 0.4) is 0 Å². The summed E-state index contributed by atoms with van der Waals surface area (Å²) in [6.45, 7) is 7.26. The molecule has 1 N–H and O–H groups in total. The molecule has 1 aliphatic heterocycles. The predicted octanol–water partition coefficient (Wildman–Crippen LogP) is 1.97. The molecule has 3 heteroatoms. The Morgan fingerprint density at radius 3 is 2.79 bits per heavy atom. The van der Waals surface area contributed by atoms with Gasteiger partial charge >= 0.3 is 5.97 Å². The lowest BCUT2D eigenvalue weighted by Gasteiger charge is -2.29. The molecule has 0 aliphatic carbocycles. The van der Waals surface area contributed by atoms with Crippen LogP contribution in [-0.4, -0.2) is 34.6 Å². The molecule has 14 heavy (non-hydrogen) atoms. The molecular weight excluding hydrogens is 178 g/mol. The molecular formula is C11H21NO2. The van der Waals surface area contributed by atoms with E-state index in [2.05, 4.69) is 18.7 Å². The second kappa shape index (κ2) is 4.78. The number of nitrogens with zero attached hydrogens (tertiary/aromatic N) is 1. The summed E-state index contributed by atoms with van der Waals surface area (Å²) >= 11 is 0. The van der Waals surface area contributed by atoms with E-state index in [1.165, 1.54) is 0 Å². The van der Waals surface area contributed by atoms with Gasteiger partial charge in [0.2, 0.25) is 0 Å². The van der Waals surface area contributed by atoms with Crippen LogP contribution in [0.25, 0.3) is 0 Å². The van der Waals surface area contributed by atoms with Gasteiger partial charge in [-0.2, -0.15) is 0 Å². The van der Waals surface area contributed by atoms with E-state index >= 15 is 0 Å². The SMILES string of the molecule is CCCC(C)N1CCC(C)C1C(=O)O. The highest BCUT2D eigenvalue weighted by atomic mass is 16.4. The van der Waals surface area contributed by atoms with Crippen molar-refractivity contribution in [3.05, 3.63) is 0 Å². The minimum atomic E-state index is -0.655. The standard InChI is InChI=1S/C11H21NO2/c1-4-5-9(3)12-7-6-8(2)10(12)11(13)14/h8-10H,4-7H2,1-3H3,(H,13,14). The normalized spacial score (nSPS) is 30.5. The van der Waals surface area contributed by atoms with Crippen LogP contribution in [0.1, 0.15) is 40.0 Å². The molecule has 0 bridgehead atoms. The Hall–Kier alpha value is -0.570. The van der Waals surface area contributed by atoms with Crippen molar-refractivity contribution in [3.8, 4) is 0 Å². The molecule has 0 spiro atoms. The first-order chi connectivity index (χ1) is 6.57. The Bertz CT molecular complexity index is 205. The summed E-state index contributed by atoms with van der Waals surface area (Å²) in [5, 5.41) is 9.13. The molecule has 1 fully saturated rings. The van der Waals surface area contributed by atoms with Crippen molar-refractivity contribution < 1.29 is 9.90 Å². The van der Waals surface area contributed by atoms with E-state index < -0.39 is 5.97 Å². The minimum Gasteiger partial charge on any atom is -0.480 e. The summed E-state index contributed by atoms with van der Waals surface area (Å²) in [7, 11) is 0. The Labute approximate surface area is 86.1 Å². The highest BCUT2D eigenvalue weighted by molar-refractivity contribution is 5.74. The number of aliphatic carboxylic acids is 1. The number of rotatable bonds is 4. The van der Waals surface area contributed by atoms with Gasteiger partial charge < -0.3 is 5.11 Å². The smallest absolute Gasteiger partial charge is 0.321 e. The quantitative estimate of drug-likeness (QED) is 0.752. The van der Waals surface area contributed by atoms with Crippen molar-refractivity contribution in [2.75, 3.05) is 6.54 Å². The summed E-state index contributed by atoms with van der Waals surface area (Å²) in [5.74, 6) is -0.357. The van der Waals surface area contributed by atoms with Gasteiger partial charge in [-0.1, -0.05) is 20.3 Å². The van der Waals surface area contributed by atoms with Gasteiger partial charge in [-0.15, -0.1) is 0 Å². The summed E-state index contributed by atoms with van der Waals surface area (Å²) in [5.41, 5.74) is 0. The summed E-state index contributed by atoms with van der Waals surface area (Å²) in [6.07, 6.45) is 3.24. The lowest BCUT2D eigenvalue weighted by Crippen LogP contribution is -2.43. The second-order valence-corrected chi connectivity index (χ2v) is 4.42. The fraction of sp³-hybridized carbons (Fsp3) is 0.909. The largest absolute Gasteiger partial charge is 0.480 e. The fourth-order valence-corrected chi connectivity index (χ4v) is 2.44. The van der Waals surface area contributed by atoms with E-state index in [0.29, 0.717) is 12.0 Å². The minimum absolute atomic E-state index is 0.253. The highest BCUT2D eigenvalue weighted by Crippen LogP contribution is 2.27. The molecule has 0 aromatic rings. The second-order valence-electron chi connectivity index (χ2n) is 4.42. The Kier molecular flexibility index (Phi) is 3.93. The molecule has 82 valence electrons. The van der Waals surface area contributed by atoms with Gasteiger partial charge in [0.15, 0.2) is 0 Å². The molecule has 1 saturated heterocycles. The van der Waals surface area contributed by atoms with Crippen molar-refractivity contribution in [3.63, 3.8) is 0 Å². The monoisotopic (exact) mass is 199 g/mol. The van der Waals surface area contributed by atoms with Crippen molar-refractivity contribution in [1.82, 2.24) is 4.90 Å². The van der Waals surface area contributed by atoms with Crippen LogP contribution in [0.4, 0.5) is 0 Å². The summed E-state index contributed by atoms with van der Waals surface area (Å²) < 4.78 is 0. The van der Waals surface area contributed by atoms with Crippen LogP contribution in [0.2, 0.25) is 0 Å². The molecule has 0 saturated carbocycles. The van der Waals surface area contributed by atoms with Crippen LogP contribution in [0.5, 0.6) is 0 Å². The van der Waals surface area contributed by atoms with E-state index in [0.717, 1.165) is 25.8 Å². The average molecular weight is 199 g/mol. The van der Waals surface area contributed by atoms with Crippen LogP contribution in [0.15, 0.2) is 0 Å². The van der Waals surface area contributed by atoms with Crippen LogP contribution in [0, 0.1) is 5.92 Å². The number of hydrogen-bond donors (Lipinski definition) is 1. The average Bonchev–Trinajstić information content (AvgIpc) is 2.47. The van der Waals surface area contributed by atoms with E-state index in [9.17, 15) is 4.79 Å². The number of carbonyl (C=O) groups is 1. The maximum atomic E-state index is 11.1. The van der Waals surface area contributed by atoms with E-state index in [1.807, 2.05) is 6.92 Å². The number of hydrogen-bond acceptors (Lipinski definition) is 2. The lowest BCUT2D eigenvalue weighted by atomic mass is 10.0. The first kappa shape index (κ1) is 11.5. The van der Waals surface area contributed by atoms with Crippen molar-refractivity contribution >= 4 is 5.97 Å². The highest BCUT2D eigenvalue weighted by Gasteiger charge is 2.38. The van der Waals surface area contributed by atoms with Crippen molar-refractivity contribution in [2.45, 2.75) is 52.1 Å². The molecule has 1 heterocycles. The van der Waals surface area contributed by atoms with E-state index in [4.69, 9.17) is 5.11 Å². The molecule has 3 atom stereocenters. The third-order valence-corrected chi connectivity index (χ3v) is 3.26. The fourth-order valence-electron chi connectivity index (χ4n) is 2.44. The van der Waals surface area contributed by atoms with E-state index in [-0.39, 0.29) is 6.04 Å². The number of carboxylic acids is 1. The Balaban J connectivity index is 2.63. The molecule has 1 aliphatic rings. The zero-order chi connectivity index (χ0) is 10.7. The molecule has 3 nitrogen and oxygen atoms in total. The third-order valence-electron chi connectivity index (χ3n) is 3.26. The van der Waals surface area contributed by atoms with E-state index in [1.54, 1.807) is 0 Å².